The van der Waals surface area contributed by atoms with Crippen molar-refractivity contribution in [2.75, 3.05) is 123 Å². The van der Waals surface area contributed by atoms with Crippen LogP contribution in [0, 0.1) is 0 Å². The number of hydrogen-bond acceptors (Lipinski definition) is 12. The lowest BCUT2D eigenvalue weighted by Gasteiger charge is -2.25. The van der Waals surface area contributed by atoms with Crippen molar-refractivity contribution in [2.45, 2.75) is 19.1 Å². The van der Waals surface area contributed by atoms with Crippen molar-refractivity contribution in [3.8, 4) is 0 Å². The van der Waals surface area contributed by atoms with Crippen LogP contribution in [0.3, 0.4) is 0 Å². The molecule has 0 aliphatic heterocycles. The zero-order valence-corrected chi connectivity index (χ0v) is 29.6. The molecule has 0 aliphatic rings. The minimum atomic E-state index is -1.15. The number of hydrogen-bond donors (Lipinski definition) is 6. The lowest BCUT2D eigenvalue weighted by molar-refractivity contribution is -0.138. The molecule has 268 valence electrons. The lowest BCUT2D eigenvalue weighted by atomic mass is 10.2. The van der Waals surface area contributed by atoms with E-state index in [2.05, 4.69) is 58.4 Å². The first-order chi connectivity index (χ1) is 22.2. The average molecular weight is 795 g/mol. The molecule has 0 aliphatic carbocycles. The Hall–Kier alpha value is -1.97. The van der Waals surface area contributed by atoms with E-state index in [0.29, 0.717) is 65.9 Å². The Balaban J connectivity index is 4.43. The van der Waals surface area contributed by atoms with Gasteiger partial charge in [0.25, 0.3) is 0 Å². The van der Waals surface area contributed by atoms with Crippen molar-refractivity contribution in [2.24, 2.45) is 0 Å². The van der Waals surface area contributed by atoms with E-state index in [1.54, 1.807) is 0 Å². The summed E-state index contributed by atoms with van der Waals surface area (Å²) in [6, 6.07) is 0. The second kappa shape index (κ2) is 31.6. The number of alkyl halides is 2. The number of carbonyl (C=O) groups excluding carboxylic acids is 5. The van der Waals surface area contributed by atoms with E-state index in [1.807, 2.05) is 0 Å². The molecule has 0 aromatic rings. The summed E-state index contributed by atoms with van der Waals surface area (Å²) in [6.45, 7) is 3.84. The smallest absolute Gasteiger partial charge is 0.239 e. The third kappa shape index (κ3) is 28.3. The van der Waals surface area contributed by atoms with Crippen molar-refractivity contribution >= 4 is 61.4 Å². The maximum Gasteiger partial charge on any atom is 0.239 e. The summed E-state index contributed by atoms with van der Waals surface area (Å²) in [4.78, 5) is 60.8. The number of aliphatic hydroxyl groups excluding tert-OH is 1. The fraction of sp³-hybridized carbons (Fsp3) is 0.815. The Morgan fingerprint density at radius 2 is 1.04 bits per heavy atom. The SMILES string of the molecule is COCCNC(=O)CCC(=O)N(CC(=O)NCCOCCOCCNC(=O)CBr)CC(O)NCCOCCOCCNC(=O)CBr. The van der Waals surface area contributed by atoms with Gasteiger partial charge in [-0.05, 0) is 0 Å². The number of amides is 5. The first kappa shape index (κ1) is 44.0. The second-order valence-corrected chi connectivity index (χ2v) is 10.5. The molecule has 0 heterocycles. The molecule has 5 amide bonds. The summed E-state index contributed by atoms with van der Waals surface area (Å²) >= 11 is 6.11. The molecule has 46 heavy (non-hydrogen) atoms. The van der Waals surface area contributed by atoms with Crippen molar-refractivity contribution in [3.05, 3.63) is 0 Å². The van der Waals surface area contributed by atoms with Gasteiger partial charge in [0, 0.05) is 52.7 Å². The highest BCUT2D eigenvalue weighted by molar-refractivity contribution is 9.09. The Labute approximate surface area is 287 Å². The summed E-state index contributed by atoms with van der Waals surface area (Å²) < 4.78 is 26.4. The molecule has 0 saturated carbocycles. The van der Waals surface area contributed by atoms with E-state index in [1.165, 1.54) is 12.0 Å². The van der Waals surface area contributed by atoms with Gasteiger partial charge in [-0.1, -0.05) is 31.9 Å². The van der Waals surface area contributed by atoms with Crippen LogP contribution < -0.4 is 26.6 Å². The minimum absolute atomic E-state index is 0.0816. The quantitative estimate of drug-likeness (QED) is 0.0244. The van der Waals surface area contributed by atoms with Crippen LogP contribution in [-0.4, -0.2) is 169 Å². The van der Waals surface area contributed by atoms with E-state index in [0.717, 1.165) is 0 Å². The van der Waals surface area contributed by atoms with E-state index < -0.39 is 18.0 Å². The largest absolute Gasteiger partial charge is 0.383 e. The van der Waals surface area contributed by atoms with Crippen LogP contribution in [0.25, 0.3) is 0 Å². The molecule has 17 nitrogen and oxygen atoms in total. The van der Waals surface area contributed by atoms with Gasteiger partial charge in [-0.25, -0.2) is 0 Å². The molecule has 0 radical (unpaired) electrons. The lowest BCUT2D eigenvalue weighted by Crippen LogP contribution is -2.48. The molecule has 0 spiro atoms. The molecule has 1 atom stereocenters. The van der Waals surface area contributed by atoms with E-state index in [9.17, 15) is 29.1 Å². The molecule has 0 saturated heterocycles. The summed E-state index contributed by atoms with van der Waals surface area (Å²) in [5, 5.41) is 24.3. The molecule has 0 rings (SSSR count). The number of halogens is 2. The highest BCUT2D eigenvalue weighted by Crippen LogP contribution is 2.01. The maximum atomic E-state index is 12.9. The standard InChI is InChI=1S/C27H50Br2N6O11/c1-42-9-4-30-22(36)2-3-27(41)35(20-25(39)33-7-12-45-16-14-43-10-5-31-23(37)18-28)21-26(40)34-8-13-46-17-15-44-11-6-32-24(38)19-29/h25,33,39H,2-21H2,1H3,(H,30,36)(H,31,37)(H,32,38)(H,34,40). The molecule has 0 fully saturated rings. The Bertz CT molecular complexity index is 848. The van der Waals surface area contributed by atoms with Crippen molar-refractivity contribution in [1.29, 1.82) is 0 Å². The molecule has 6 N–H and O–H groups in total. The van der Waals surface area contributed by atoms with Gasteiger partial charge in [-0.15, -0.1) is 0 Å². The van der Waals surface area contributed by atoms with E-state index >= 15 is 0 Å². The fourth-order valence-corrected chi connectivity index (χ4v) is 3.74. The summed E-state index contributed by atoms with van der Waals surface area (Å²) in [7, 11) is 1.51. The Morgan fingerprint density at radius 1 is 0.609 bits per heavy atom. The number of aliphatic hydroxyl groups is 1. The van der Waals surface area contributed by atoms with Crippen LogP contribution in [0.5, 0.6) is 0 Å². The fourth-order valence-electron chi connectivity index (χ4n) is 3.34. The number of methoxy groups -OCH3 is 1. The highest BCUT2D eigenvalue weighted by Gasteiger charge is 2.21. The summed E-state index contributed by atoms with van der Waals surface area (Å²) in [6.07, 6.45) is -1.38. The van der Waals surface area contributed by atoms with Crippen molar-refractivity contribution in [3.63, 3.8) is 0 Å². The minimum Gasteiger partial charge on any atom is -0.383 e. The molecular weight excluding hydrogens is 744 g/mol. The van der Waals surface area contributed by atoms with E-state index in [-0.39, 0.29) is 80.6 Å². The monoisotopic (exact) mass is 792 g/mol. The van der Waals surface area contributed by atoms with Gasteiger partial charge in [0.2, 0.25) is 29.5 Å². The van der Waals surface area contributed by atoms with Gasteiger partial charge >= 0.3 is 0 Å². The van der Waals surface area contributed by atoms with Crippen molar-refractivity contribution < 1.29 is 52.8 Å². The average Bonchev–Trinajstić information content (AvgIpc) is 3.04. The van der Waals surface area contributed by atoms with Gasteiger partial charge in [-0.2, -0.15) is 0 Å². The van der Waals surface area contributed by atoms with Crippen LogP contribution in [-0.2, 0) is 47.7 Å². The Kier molecular flexibility index (Phi) is 30.3. The predicted molar refractivity (Wildman–Crippen MR) is 175 cm³/mol. The van der Waals surface area contributed by atoms with Crippen LogP contribution in [0.4, 0.5) is 0 Å². The summed E-state index contributed by atoms with van der Waals surface area (Å²) in [5.41, 5.74) is 0. The maximum absolute atomic E-state index is 12.9. The Morgan fingerprint density at radius 3 is 1.52 bits per heavy atom. The zero-order valence-electron chi connectivity index (χ0n) is 26.5. The van der Waals surface area contributed by atoms with Crippen LogP contribution in [0.1, 0.15) is 12.8 Å². The third-order valence-electron chi connectivity index (χ3n) is 5.59. The highest BCUT2D eigenvalue weighted by atomic mass is 79.9. The zero-order chi connectivity index (χ0) is 34.3. The molecule has 0 aromatic carbocycles. The topological polar surface area (TPSA) is 215 Å². The first-order valence-electron chi connectivity index (χ1n) is 14.9. The number of nitrogens with zero attached hydrogens (tertiary/aromatic N) is 1. The number of nitrogens with one attached hydrogen (secondary N) is 5. The third-order valence-corrected chi connectivity index (χ3v) is 6.61. The first-order valence-corrected chi connectivity index (χ1v) is 17.2. The second-order valence-electron chi connectivity index (χ2n) is 9.35. The van der Waals surface area contributed by atoms with Gasteiger partial charge in [0.15, 0.2) is 0 Å². The van der Waals surface area contributed by atoms with Gasteiger partial charge in [-0.3, -0.25) is 29.3 Å². The molecule has 0 aromatic heterocycles. The van der Waals surface area contributed by atoms with Crippen LogP contribution in [0.15, 0.2) is 0 Å². The molecular formula is C27H50Br2N6O11. The summed E-state index contributed by atoms with van der Waals surface area (Å²) in [5.74, 6) is -1.51. The van der Waals surface area contributed by atoms with Gasteiger partial charge in [0.1, 0.15) is 6.23 Å². The predicted octanol–water partition coefficient (Wildman–Crippen LogP) is -2.53. The van der Waals surface area contributed by atoms with Gasteiger partial charge < -0.3 is 55.0 Å². The van der Waals surface area contributed by atoms with Crippen LogP contribution >= 0.6 is 31.9 Å². The molecule has 1 unspecified atom stereocenters. The number of ether oxygens (including phenoxy) is 5. The normalized spacial score (nSPS) is 11.5. The van der Waals surface area contributed by atoms with E-state index in [4.69, 9.17) is 23.7 Å². The number of rotatable bonds is 31. The van der Waals surface area contributed by atoms with Crippen LogP contribution in [0.2, 0.25) is 0 Å². The van der Waals surface area contributed by atoms with Gasteiger partial charge in [0.05, 0.1) is 83.2 Å². The number of carbonyl (C=O) groups is 5. The molecule has 19 heteroatoms. The van der Waals surface area contributed by atoms with Crippen molar-refractivity contribution in [1.82, 2.24) is 31.5 Å². The molecule has 0 bridgehead atoms.